The zero-order chi connectivity index (χ0) is 16.1. The molecule has 4 nitrogen and oxygen atoms in total. The van der Waals surface area contributed by atoms with Gasteiger partial charge in [0.1, 0.15) is 5.82 Å². The molecule has 1 amide bonds. The van der Waals surface area contributed by atoms with Gasteiger partial charge >= 0.3 is 0 Å². The van der Waals surface area contributed by atoms with E-state index < -0.39 is 11.7 Å². The van der Waals surface area contributed by atoms with Gasteiger partial charge in [-0.2, -0.15) is 0 Å². The van der Waals surface area contributed by atoms with E-state index in [0.29, 0.717) is 16.3 Å². The number of amides is 1. The van der Waals surface area contributed by atoms with Crippen LogP contribution in [0.1, 0.15) is 17.3 Å². The van der Waals surface area contributed by atoms with Gasteiger partial charge in [-0.05, 0) is 37.3 Å². The number of anilines is 2. The lowest BCUT2D eigenvalue weighted by Crippen LogP contribution is -2.22. The van der Waals surface area contributed by atoms with Gasteiger partial charge in [0.25, 0.3) is 0 Å². The molecule has 2 rings (SSSR count). The first-order valence-corrected chi connectivity index (χ1v) is 6.93. The fraction of sp³-hybridized carbons (Fsp3) is 0.125. The maximum atomic E-state index is 13.5. The van der Waals surface area contributed by atoms with Crippen molar-refractivity contribution in [3.8, 4) is 0 Å². The van der Waals surface area contributed by atoms with Gasteiger partial charge in [0.05, 0.1) is 12.2 Å². The summed E-state index contributed by atoms with van der Waals surface area (Å²) in [6.07, 6.45) is 0. The van der Waals surface area contributed by atoms with E-state index in [9.17, 15) is 14.0 Å². The maximum Gasteiger partial charge on any atom is 0.243 e. The Balaban J connectivity index is 1.97. The molecule has 0 aliphatic rings. The lowest BCUT2D eigenvalue weighted by Gasteiger charge is -2.09. The minimum absolute atomic E-state index is 0.0248. The molecule has 2 aromatic rings. The van der Waals surface area contributed by atoms with Crippen LogP contribution in [0.3, 0.4) is 0 Å². The van der Waals surface area contributed by atoms with Crippen molar-refractivity contribution in [2.45, 2.75) is 6.92 Å². The molecule has 0 fully saturated rings. The summed E-state index contributed by atoms with van der Waals surface area (Å²) in [7, 11) is 0. The van der Waals surface area contributed by atoms with Crippen LogP contribution < -0.4 is 10.6 Å². The molecule has 0 atom stereocenters. The lowest BCUT2D eigenvalue weighted by molar-refractivity contribution is -0.114. The number of ketones is 1. The summed E-state index contributed by atoms with van der Waals surface area (Å²) in [4.78, 5) is 23.1. The molecule has 0 saturated heterocycles. The van der Waals surface area contributed by atoms with Crippen molar-refractivity contribution in [2.24, 2.45) is 0 Å². The van der Waals surface area contributed by atoms with Crippen molar-refractivity contribution >= 4 is 34.7 Å². The number of halogens is 2. The van der Waals surface area contributed by atoms with E-state index in [1.54, 1.807) is 24.3 Å². The Morgan fingerprint density at radius 2 is 1.95 bits per heavy atom. The molecule has 6 heteroatoms. The summed E-state index contributed by atoms with van der Waals surface area (Å²) in [5, 5.41) is 5.64. The van der Waals surface area contributed by atoms with E-state index in [1.807, 2.05) is 0 Å². The standard InChI is InChI=1S/C16H14ClFN2O2/c1-10(21)11-3-2-4-13(7-11)19-9-16(22)20-15-8-12(17)5-6-14(15)18/h2-8,19H,9H2,1H3,(H,20,22). The van der Waals surface area contributed by atoms with E-state index in [4.69, 9.17) is 11.6 Å². The van der Waals surface area contributed by atoms with Gasteiger partial charge in [-0.25, -0.2) is 4.39 Å². The summed E-state index contributed by atoms with van der Waals surface area (Å²) in [5.74, 6) is -1.04. The van der Waals surface area contributed by atoms with Crippen LogP contribution in [0, 0.1) is 5.82 Å². The van der Waals surface area contributed by atoms with Crippen molar-refractivity contribution in [2.75, 3.05) is 17.2 Å². The molecule has 0 aromatic heterocycles. The lowest BCUT2D eigenvalue weighted by atomic mass is 10.1. The predicted octanol–water partition coefficient (Wildman–Crippen LogP) is 3.73. The number of hydrogen-bond donors (Lipinski definition) is 2. The Bertz CT molecular complexity index is 719. The number of benzene rings is 2. The summed E-state index contributed by atoms with van der Waals surface area (Å²) in [6, 6.07) is 10.7. The monoisotopic (exact) mass is 320 g/mol. The molecule has 0 heterocycles. The largest absolute Gasteiger partial charge is 0.376 e. The van der Waals surface area contributed by atoms with Crippen LogP contribution >= 0.6 is 11.6 Å². The van der Waals surface area contributed by atoms with E-state index in [-0.39, 0.29) is 18.0 Å². The molecule has 0 aliphatic carbocycles. The van der Waals surface area contributed by atoms with Gasteiger partial charge in [-0.3, -0.25) is 9.59 Å². The number of Topliss-reactive ketones (excluding diaryl/α,β-unsaturated/α-hetero) is 1. The normalized spacial score (nSPS) is 10.1. The minimum atomic E-state index is -0.559. The van der Waals surface area contributed by atoms with E-state index >= 15 is 0 Å². The van der Waals surface area contributed by atoms with Crippen LogP contribution in [0.15, 0.2) is 42.5 Å². The van der Waals surface area contributed by atoms with Crippen molar-refractivity contribution in [1.82, 2.24) is 0 Å². The van der Waals surface area contributed by atoms with Crippen LogP contribution in [0.25, 0.3) is 0 Å². The van der Waals surface area contributed by atoms with Gasteiger partial charge < -0.3 is 10.6 Å². The molecule has 2 aromatic carbocycles. The van der Waals surface area contributed by atoms with Gasteiger partial charge in [0.15, 0.2) is 5.78 Å². The van der Waals surface area contributed by atoms with Gasteiger partial charge in [0, 0.05) is 16.3 Å². The van der Waals surface area contributed by atoms with Crippen molar-refractivity contribution < 1.29 is 14.0 Å². The number of carbonyl (C=O) groups excluding carboxylic acids is 2. The van der Waals surface area contributed by atoms with Crippen LogP contribution in [-0.2, 0) is 4.79 Å². The molecule has 0 unspecified atom stereocenters. The summed E-state index contributed by atoms with van der Waals surface area (Å²) in [5.41, 5.74) is 1.21. The van der Waals surface area contributed by atoms with Gasteiger partial charge in [-0.1, -0.05) is 23.7 Å². The second-order valence-corrected chi connectivity index (χ2v) is 5.10. The number of nitrogens with one attached hydrogen (secondary N) is 2. The smallest absolute Gasteiger partial charge is 0.243 e. The SMILES string of the molecule is CC(=O)c1cccc(NCC(=O)Nc2cc(Cl)ccc2F)c1. The average Bonchev–Trinajstić information content (AvgIpc) is 2.49. The fourth-order valence-corrected chi connectivity index (χ4v) is 1.99. The van der Waals surface area contributed by atoms with Crippen LogP contribution in [0.5, 0.6) is 0 Å². The molecule has 114 valence electrons. The molecule has 0 saturated carbocycles. The van der Waals surface area contributed by atoms with E-state index in [1.165, 1.54) is 25.1 Å². The summed E-state index contributed by atoms with van der Waals surface area (Å²) in [6.45, 7) is 1.40. The Hall–Kier alpha value is -2.40. The number of hydrogen-bond acceptors (Lipinski definition) is 3. The topological polar surface area (TPSA) is 58.2 Å². The number of carbonyl (C=O) groups is 2. The highest BCUT2D eigenvalue weighted by atomic mass is 35.5. The summed E-state index contributed by atoms with van der Waals surface area (Å²) < 4.78 is 13.5. The van der Waals surface area contributed by atoms with Crippen molar-refractivity contribution in [3.05, 3.63) is 58.9 Å². The fourth-order valence-electron chi connectivity index (χ4n) is 1.82. The first-order valence-electron chi connectivity index (χ1n) is 6.55. The third-order valence-corrected chi connectivity index (χ3v) is 3.16. The molecular weight excluding hydrogens is 307 g/mol. The molecule has 0 radical (unpaired) electrons. The average molecular weight is 321 g/mol. The second-order valence-electron chi connectivity index (χ2n) is 4.66. The highest BCUT2D eigenvalue weighted by Crippen LogP contribution is 2.19. The predicted molar refractivity (Wildman–Crippen MR) is 85.0 cm³/mol. The van der Waals surface area contributed by atoms with E-state index in [0.717, 1.165) is 0 Å². The van der Waals surface area contributed by atoms with Crippen LogP contribution in [-0.4, -0.2) is 18.2 Å². The minimum Gasteiger partial charge on any atom is -0.376 e. The van der Waals surface area contributed by atoms with Gasteiger partial charge in [-0.15, -0.1) is 0 Å². The second kappa shape index (κ2) is 7.04. The maximum absolute atomic E-state index is 13.5. The highest BCUT2D eigenvalue weighted by Gasteiger charge is 2.08. The molecule has 2 N–H and O–H groups in total. The molecule has 0 spiro atoms. The first kappa shape index (κ1) is 16.0. The van der Waals surface area contributed by atoms with Crippen LogP contribution in [0.2, 0.25) is 5.02 Å². The zero-order valence-electron chi connectivity index (χ0n) is 11.8. The molecular formula is C16H14ClFN2O2. The quantitative estimate of drug-likeness (QED) is 0.825. The molecule has 22 heavy (non-hydrogen) atoms. The summed E-state index contributed by atoms with van der Waals surface area (Å²) >= 11 is 5.75. The van der Waals surface area contributed by atoms with Crippen molar-refractivity contribution in [3.63, 3.8) is 0 Å². The Labute approximate surface area is 132 Å². The molecule has 0 bridgehead atoms. The van der Waals surface area contributed by atoms with Crippen molar-refractivity contribution in [1.29, 1.82) is 0 Å². The third kappa shape index (κ3) is 4.30. The Kier molecular flexibility index (Phi) is 5.12. The third-order valence-electron chi connectivity index (χ3n) is 2.92. The Morgan fingerprint density at radius 3 is 2.68 bits per heavy atom. The Morgan fingerprint density at radius 1 is 1.18 bits per heavy atom. The molecule has 0 aliphatic heterocycles. The zero-order valence-corrected chi connectivity index (χ0v) is 12.6. The number of rotatable bonds is 5. The first-order chi connectivity index (χ1) is 10.5. The highest BCUT2D eigenvalue weighted by molar-refractivity contribution is 6.30. The van der Waals surface area contributed by atoms with Crippen LogP contribution in [0.4, 0.5) is 15.8 Å². The van der Waals surface area contributed by atoms with Gasteiger partial charge in [0.2, 0.25) is 5.91 Å². The van der Waals surface area contributed by atoms with E-state index in [2.05, 4.69) is 10.6 Å².